The smallest absolute Gasteiger partial charge is 0.252 e. The summed E-state index contributed by atoms with van der Waals surface area (Å²) in [6.45, 7) is 3.60. The van der Waals surface area contributed by atoms with Gasteiger partial charge in [-0.2, -0.15) is 0 Å². The monoisotopic (exact) mass is 258 g/mol. The summed E-state index contributed by atoms with van der Waals surface area (Å²) in [6.07, 6.45) is 1.75. The van der Waals surface area contributed by atoms with Gasteiger partial charge in [-0.05, 0) is 32.4 Å². The molecule has 0 aliphatic heterocycles. The molecule has 0 saturated heterocycles. The lowest BCUT2D eigenvalue weighted by atomic mass is 10.1. The Balaban J connectivity index is 2.22. The lowest BCUT2D eigenvalue weighted by molar-refractivity contribution is 0.0924. The van der Waals surface area contributed by atoms with E-state index in [4.69, 9.17) is 0 Å². The Bertz CT molecular complexity index is 576. The first-order chi connectivity index (χ1) is 9.08. The quantitative estimate of drug-likeness (QED) is 0.883. The van der Waals surface area contributed by atoms with Crippen LogP contribution in [-0.4, -0.2) is 28.1 Å². The molecule has 0 radical (unpaired) electrons. The predicted molar refractivity (Wildman–Crippen MR) is 75.0 cm³/mol. The van der Waals surface area contributed by atoms with Crippen LogP contribution in [0.5, 0.6) is 0 Å². The number of pyridine rings is 1. The van der Waals surface area contributed by atoms with Gasteiger partial charge in [-0.1, -0.05) is 18.2 Å². The minimum Gasteiger partial charge on any atom is -0.393 e. The molecule has 19 heavy (non-hydrogen) atoms. The molecule has 1 heterocycles. The molecule has 4 nitrogen and oxygen atoms in total. The van der Waals surface area contributed by atoms with E-state index >= 15 is 0 Å². The predicted octanol–water partition coefficient (Wildman–Crippen LogP) is 2.12. The number of aliphatic hydroxyl groups is 1. The number of hydrogen-bond donors (Lipinski definition) is 2. The Morgan fingerprint density at radius 1 is 1.32 bits per heavy atom. The van der Waals surface area contributed by atoms with Gasteiger partial charge in [-0.3, -0.25) is 9.78 Å². The summed E-state index contributed by atoms with van der Waals surface area (Å²) in [6, 6.07) is 9.20. The number of nitrogens with one attached hydrogen (secondary N) is 1. The van der Waals surface area contributed by atoms with E-state index in [1.807, 2.05) is 31.2 Å². The van der Waals surface area contributed by atoms with Gasteiger partial charge in [0, 0.05) is 17.6 Å². The molecule has 2 aromatic rings. The maximum absolute atomic E-state index is 12.2. The van der Waals surface area contributed by atoms with E-state index in [-0.39, 0.29) is 11.9 Å². The minimum absolute atomic E-state index is 0.0700. The molecular weight excluding hydrogens is 240 g/mol. The minimum atomic E-state index is -0.426. The van der Waals surface area contributed by atoms with E-state index in [0.29, 0.717) is 12.0 Å². The van der Waals surface area contributed by atoms with Crippen LogP contribution in [0.15, 0.2) is 36.5 Å². The number of carbonyl (C=O) groups is 1. The highest BCUT2D eigenvalue weighted by Crippen LogP contribution is 2.16. The Hall–Kier alpha value is -1.94. The third kappa shape index (κ3) is 3.29. The van der Waals surface area contributed by atoms with Gasteiger partial charge < -0.3 is 10.4 Å². The summed E-state index contributed by atoms with van der Waals surface area (Å²) in [5.74, 6) is -0.133. The van der Waals surface area contributed by atoms with Gasteiger partial charge in [-0.25, -0.2) is 0 Å². The summed E-state index contributed by atoms with van der Waals surface area (Å²) in [5, 5.41) is 13.0. The van der Waals surface area contributed by atoms with Crippen molar-refractivity contribution >= 4 is 16.8 Å². The van der Waals surface area contributed by atoms with Crippen molar-refractivity contribution in [3.8, 4) is 0 Å². The number of carbonyl (C=O) groups excluding carboxylic acids is 1. The molecule has 2 atom stereocenters. The van der Waals surface area contributed by atoms with E-state index in [1.165, 1.54) is 0 Å². The Kier molecular flexibility index (Phi) is 4.12. The number of benzene rings is 1. The van der Waals surface area contributed by atoms with Crippen LogP contribution < -0.4 is 5.32 Å². The standard InChI is InChI=1S/C15H18N2O2/c1-10(9-11(2)18)17-15(19)13-7-8-16-14-6-4-3-5-12(13)14/h3-8,10-11,18H,9H2,1-2H3,(H,17,19). The number of aromatic nitrogens is 1. The number of rotatable bonds is 4. The maximum Gasteiger partial charge on any atom is 0.252 e. The van der Waals surface area contributed by atoms with E-state index in [9.17, 15) is 9.90 Å². The van der Waals surface area contributed by atoms with Gasteiger partial charge in [0.15, 0.2) is 0 Å². The van der Waals surface area contributed by atoms with E-state index in [1.54, 1.807) is 19.2 Å². The molecule has 1 aromatic heterocycles. The highest BCUT2D eigenvalue weighted by Gasteiger charge is 2.14. The van der Waals surface area contributed by atoms with E-state index < -0.39 is 6.10 Å². The van der Waals surface area contributed by atoms with Crippen molar-refractivity contribution in [2.45, 2.75) is 32.4 Å². The fraction of sp³-hybridized carbons (Fsp3) is 0.333. The summed E-state index contributed by atoms with van der Waals surface area (Å²) in [5.41, 5.74) is 1.42. The first kappa shape index (κ1) is 13.5. The van der Waals surface area contributed by atoms with Gasteiger partial charge >= 0.3 is 0 Å². The third-order valence-corrected chi connectivity index (χ3v) is 2.97. The van der Waals surface area contributed by atoms with Crippen LogP contribution in [0, 0.1) is 0 Å². The van der Waals surface area contributed by atoms with E-state index in [2.05, 4.69) is 10.3 Å². The number of fused-ring (bicyclic) bond motifs is 1. The summed E-state index contributed by atoms with van der Waals surface area (Å²) in [7, 11) is 0. The van der Waals surface area contributed by atoms with Crippen molar-refractivity contribution in [2.24, 2.45) is 0 Å². The molecule has 1 amide bonds. The van der Waals surface area contributed by atoms with Crippen LogP contribution in [0.1, 0.15) is 30.6 Å². The Morgan fingerprint density at radius 2 is 2.05 bits per heavy atom. The number of nitrogens with zero attached hydrogens (tertiary/aromatic N) is 1. The second-order valence-electron chi connectivity index (χ2n) is 4.83. The fourth-order valence-corrected chi connectivity index (χ4v) is 2.17. The molecule has 2 N–H and O–H groups in total. The largest absolute Gasteiger partial charge is 0.393 e. The summed E-state index contributed by atoms with van der Waals surface area (Å²) in [4.78, 5) is 16.5. The number of amides is 1. The Labute approximate surface area is 112 Å². The van der Waals surface area contributed by atoms with Gasteiger partial charge in [-0.15, -0.1) is 0 Å². The molecule has 0 aliphatic carbocycles. The van der Waals surface area contributed by atoms with Crippen LogP contribution in [0.4, 0.5) is 0 Å². The van der Waals surface area contributed by atoms with Crippen LogP contribution in [-0.2, 0) is 0 Å². The maximum atomic E-state index is 12.2. The van der Waals surface area contributed by atoms with Crippen LogP contribution in [0.25, 0.3) is 10.9 Å². The zero-order valence-corrected chi connectivity index (χ0v) is 11.1. The third-order valence-electron chi connectivity index (χ3n) is 2.97. The topological polar surface area (TPSA) is 62.2 Å². The van der Waals surface area contributed by atoms with Crippen LogP contribution >= 0.6 is 0 Å². The van der Waals surface area contributed by atoms with Crippen molar-refractivity contribution in [3.63, 3.8) is 0 Å². The van der Waals surface area contributed by atoms with Gasteiger partial charge in [0.2, 0.25) is 0 Å². The summed E-state index contributed by atoms with van der Waals surface area (Å²) >= 11 is 0. The molecule has 0 spiro atoms. The Morgan fingerprint density at radius 3 is 2.79 bits per heavy atom. The number of aliphatic hydroxyl groups excluding tert-OH is 1. The number of hydrogen-bond acceptors (Lipinski definition) is 3. The van der Waals surface area contributed by atoms with Gasteiger partial charge in [0.1, 0.15) is 0 Å². The summed E-state index contributed by atoms with van der Waals surface area (Å²) < 4.78 is 0. The highest BCUT2D eigenvalue weighted by atomic mass is 16.3. The van der Waals surface area contributed by atoms with Crippen molar-refractivity contribution < 1.29 is 9.90 Å². The molecule has 4 heteroatoms. The normalized spacial score (nSPS) is 14.1. The number of para-hydroxylation sites is 1. The molecular formula is C15H18N2O2. The molecule has 2 rings (SSSR count). The first-order valence-electron chi connectivity index (χ1n) is 6.40. The first-order valence-corrected chi connectivity index (χ1v) is 6.40. The molecule has 1 aromatic carbocycles. The van der Waals surface area contributed by atoms with E-state index in [0.717, 1.165) is 10.9 Å². The molecule has 0 aliphatic rings. The van der Waals surface area contributed by atoms with Crippen molar-refractivity contribution in [1.82, 2.24) is 10.3 Å². The molecule has 100 valence electrons. The van der Waals surface area contributed by atoms with Crippen molar-refractivity contribution in [2.75, 3.05) is 0 Å². The second-order valence-corrected chi connectivity index (χ2v) is 4.83. The van der Waals surface area contributed by atoms with Crippen molar-refractivity contribution in [3.05, 3.63) is 42.1 Å². The zero-order chi connectivity index (χ0) is 13.8. The SMILES string of the molecule is CC(O)CC(C)NC(=O)c1ccnc2ccccc12. The highest BCUT2D eigenvalue weighted by molar-refractivity contribution is 6.06. The van der Waals surface area contributed by atoms with Gasteiger partial charge in [0.25, 0.3) is 5.91 Å². The molecule has 0 fully saturated rings. The van der Waals surface area contributed by atoms with Gasteiger partial charge in [0.05, 0.1) is 17.2 Å². The fourth-order valence-electron chi connectivity index (χ4n) is 2.17. The lowest BCUT2D eigenvalue weighted by Gasteiger charge is -2.16. The average molecular weight is 258 g/mol. The molecule has 2 unspecified atom stereocenters. The lowest BCUT2D eigenvalue weighted by Crippen LogP contribution is -2.34. The van der Waals surface area contributed by atoms with Crippen LogP contribution in [0.3, 0.4) is 0 Å². The average Bonchev–Trinajstić information content (AvgIpc) is 2.36. The molecule has 0 saturated carbocycles. The molecule has 0 bridgehead atoms. The second kappa shape index (κ2) is 5.80. The zero-order valence-electron chi connectivity index (χ0n) is 11.1. The van der Waals surface area contributed by atoms with Crippen LogP contribution in [0.2, 0.25) is 0 Å². The van der Waals surface area contributed by atoms with Crippen molar-refractivity contribution in [1.29, 1.82) is 0 Å².